The highest BCUT2D eigenvalue weighted by Crippen LogP contribution is 2.42. The number of pyridine rings is 1. The summed E-state index contributed by atoms with van der Waals surface area (Å²) in [5, 5.41) is 0. The van der Waals surface area contributed by atoms with Gasteiger partial charge in [-0.2, -0.15) is 13.2 Å². The van der Waals surface area contributed by atoms with Crippen LogP contribution in [-0.2, 0) is 4.74 Å². The molecular weight excluding hydrogens is 321 g/mol. The maximum Gasteiger partial charge on any atom is 0.414 e. The Balaban J connectivity index is 1.96. The van der Waals surface area contributed by atoms with Crippen molar-refractivity contribution < 1.29 is 17.9 Å². The number of halogens is 3. The van der Waals surface area contributed by atoms with Crippen molar-refractivity contribution in [2.75, 3.05) is 19.8 Å². The molecule has 1 aromatic rings. The van der Waals surface area contributed by atoms with E-state index in [1.54, 1.807) is 25.3 Å². The lowest BCUT2D eigenvalue weighted by atomic mass is 9.87. The van der Waals surface area contributed by atoms with Crippen LogP contribution in [0.3, 0.4) is 0 Å². The van der Waals surface area contributed by atoms with Crippen LogP contribution >= 0.6 is 0 Å². The number of alkyl halides is 3. The van der Waals surface area contributed by atoms with Crippen molar-refractivity contribution in [3.05, 3.63) is 59.1 Å². The molecule has 0 amide bonds. The molecule has 24 heavy (non-hydrogen) atoms. The van der Waals surface area contributed by atoms with Gasteiger partial charge in [0.05, 0.1) is 19.3 Å². The predicted octanol–water partition coefficient (Wildman–Crippen LogP) is 2.54. The third kappa shape index (κ3) is 2.82. The molecule has 0 unspecified atom stereocenters. The zero-order valence-electron chi connectivity index (χ0n) is 13.2. The Morgan fingerprint density at radius 2 is 1.96 bits per heavy atom. The highest BCUT2D eigenvalue weighted by Gasteiger charge is 2.57. The third-order valence-electron chi connectivity index (χ3n) is 4.56. The van der Waals surface area contributed by atoms with Gasteiger partial charge in [0.15, 0.2) is 5.54 Å². The highest BCUT2D eigenvalue weighted by molar-refractivity contribution is 5.31. The van der Waals surface area contributed by atoms with E-state index in [1.807, 2.05) is 0 Å². The Hall–Kier alpha value is -1.86. The molecule has 1 atom stereocenters. The van der Waals surface area contributed by atoms with Crippen LogP contribution in [0.15, 0.2) is 53.5 Å². The van der Waals surface area contributed by atoms with Gasteiger partial charge in [0.25, 0.3) is 5.56 Å². The summed E-state index contributed by atoms with van der Waals surface area (Å²) in [7, 11) is 0. The van der Waals surface area contributed by atoms with E-state index in [0.29, 0.717) is 0 Å². The van der Waals surface area contributed by atoms with E-state index < -0.39 is 17.8 Å². The van der Waals surface area contributed by atoms with E-state index in [2.05, 4.69) is 0 Å². The molecule has 0 spiro atoms. The number of hydrogen-bond acceptors (Lipinski definition) is 3. The SMILES string of the molecule is C[C@@H]1COCCN1C1(C(F)(F)F)C=CC(n2ccccc2=O)C=C1. The number of hydrogen-bond donors (Lipinski definition) is 0. The van der Waals surface area contributed by atoms with E-state index in [1.165, 1.54) is 39.8 Å². The zero-order valence-corrected chi connectivity index (χ0v) is 13.2. The molecule has 1 aliphatic heterocycles. The first-order valence-electron chi connectivity index (χ1n) is 7.82. The van der Waals surface area contributed by atoms with Crippen molar-refractivity contribution in [2.24, 2.45) is 0 Å². The van der Waals surface area contributed by atoms with Crippen LogP contribution in [0.5, 0.6) is 0 Å². The minimum Gasteiger partial charge on any atom is -0.379 e. The van der Waals surface area contributed by atoms with Crippen LogP contribution in [0.1, 0.15) is 13.0 Å². The molecule has 1 saturated heterocycles. The van der Waals surface area contributed by atoms with Gasteiger partial charge >= 0.3 is 6.18 Å². The first-order chi connectivity index (χ1) is 11.3. The normalized spacial score (nSPS) is 31.3. The van der Waals surface area contributed by atoms with E-state index in [0.717, 1.165) is 0 Å². The second-order valence-electron chi connectivity index (χ2n) is 6.10. The maximum absolute atomic E-state index is 13.9. The molecule has 4 nitrogen and oxygen atoms in total. The molecule has 1 aliphatic carbocycles. The van der Waals surface area contributed by atoms with E-state index in [4.69, 9.17) is 4.74 Å². The molecule has 0 bridgehead atoms. The van der Waals surface area contributed by atoms with Gasteiger partial charge in [0.2, 0.25) is 0 Å². The summed E-state index contributed by atoms with van der Waals surface area (Å²) >= 11 is 0. The minimum atomic E-state index is -4.46. The average molecular weight is 340 g/mol. The Morgan fingerprint density at radius 3 is 2.54 bits per heavy atom. The fourth-order valence-electron chi connectivity index (χ4n) is 3.30. The summed E-state index contributed by atoms with van der Waals surface area (Å²) in [6.07, 6.45) is 2.32. The van der Waals surface area contributed by atoms with Crippen LogP contribution in [0, 0.1) is 0 Å². The average Bonchev–Trinajstić information content (AvgIpc) is 2.55. The van der Waals surface area contributed by atoms with E-state index >= 15 is 0 Å². The molecule has 0 saturated carbocycles. The van der Waals surface area contributed by atoms with Gasteiger partial charge in [0, 0.05) is 24.8 Å². The molecule has 3 rings (SSSR count). The second-order valence-corrected chi connectivity index (χ2v) is 6.10. The minimum absolute atomic E-state index is 0.200. The van der Waals surface area contributed by atoms with E-state index in [-0.39, 0.29) is 31.4 Å². The molecule has 0 N–H and O–H groups in total. The molecular formula is C17H19F3N2O2. The lowest BCUT2D eigenvalue weighted by molar-refractivity contribution is -0.215. The van der Waals surface area contributed by atoms with Crippen LogP contribution in [0.25, 0.3) is 0 Å². The Bertz CT molecular complexity index is 694. The smallest absolute Gasteiger partial charge is 0.379 e. The number of aromatic nitrogens is 1. The fraction of sp³-hybridized carbons (Fsp3) is 0.471. The predicted molar refractivity (Wildman–Crippen MR) is 83.8 cm³/mol. The highest BCUT2D eigenvalue weighted by atomic mass is 19.4. The number of allylic oxidation sites excluding steroid dienone is 2. The second kappa shape index (κ2) is 6.22. The number of nitrogens with zero attached hydrogens (tertiary/aromatic N) is 2. The molecule has 2 heterocycles. The van der Waals surface area contributed by atoms with Gasteiger partial charge in [-0.05, 0) is 13.0 Å². The topological polar surface area (TPSA) is 34.5 Å². The molecule has 2 aliphatic rings. The van der Waals surface area contributed by atoms with Crippen molar-refractivity contribution >= 4 is 0 Å². The third-order valence-corrected chi connectivity index (χ3v) is 4.56. The molecule has 0 aromatic carbocycles. The van der Waals surface area contributed by atoms with Gasteiger partial charge in [-0.1, -0.05) is 30.4 Å². The molecule has 1 aromatic heterocycles. The van der Waals surface area contributed by atoms with Gasteiger partial charge in [0.1, 0.15) is 0 Å². The Morgan fingerprint density at radius 1 is 1.25 bits per heavy atom. The number of morpholine rings is 1. The summed E-state index contributed by atoms with van der Waals surface area (Å²) in [5.74, 6) is 0. The van der Waals surface area contributed by atoms with E-state index in [9.17, 15) is 18.0 Å². The summed E-state index contributed by atoms with van der Waals surface area (Å²) in [5.41, 5.74) is -2.42. The Labute approximate surface area is 137 Å². The van der Waals surface area contributed by atoms with Gasteiger partial charge < -0.3 is 9.30 Å². The summed E-state index contributed by atoms with van der Waals surface area (Å²) in [6, 6.07) is 3.79. The summed E-state index contributed by atoms with van der Waals surface area (Å²) < 4.78 is 48.4. The van der Waals surface area contributed by atoms with Crippen LogP contribution < -0.4 is 5.56 Å². The van der Waals surface area contributed by atoms with Crippen molar-refractivity contribution in [3.8, 4) is 0 Å². The standard InChI is InChI=1S/C17H19F3N2O2/c1-13-12-24-11-10-22(13)16(17(18,19)20)7-5-14(6-8-16)21-9-3-2-4-15(21)23/h2-9,13-14H,10-12H2,1H3/t13-,14?,16?/m1/s1. The fourth-order valence-corrected chi connectivity index (χ4v) is 3.30. The van der Waals surface area contributed by atoms with Crippen LogP contribution in [-0.4, -0.2) is 47.0 Å². The van der Waals surface area contributed by atoms with Crippen LogP contribution in [0.4, 0.5) is 13.2 Å². The van der Waals surface area contributed by atoms with Crippen molar-refractivity contribution in [3.63, 3.8) is 0 Å². The molecule has 0 radical (unpaired) electrons. The lowest BCUT2D eigenvalue weighted by Crippen LogP contribution is -2.63. The molecule has 130 valence electrons. The number of rotatable bonds is 2. The monoisotopic (exact) mass is 340 g/mol. The van der Waals surface area contributed by atoms with Crippen molar-refractivity contribution in [2.45, 2.75) is 30.7 Å². The van der Waals surface area contributed by atoms with Gasteiger partial charge in [-0.3, -0.25) is 9.69 Å². The summed E-state index contributed by atoms with van der Waals surface area (Å²) in [4.78, 5) is 13.3. The van der Waals surface area contributed by atoms with Gasteiger partial charge in [-0.25, -0.2) is 0 Å². The quantitative estimate of drug-likeness (QED) is 0.776. The first kappa shape index (κ1) is 17.0. The number of ether oxygens (including phenoxy) is 1. The van der Waals surface area contributed by atoms with Crippen molar-refractivity contribution in [1.82, 2.24) is 9.47 Å². The summed E-state index contributed by atoms with van der Waals surface area (Å²) in [6.45, 7) is 2.46. The Kier molecular flexibility index (Phi) is 4.40. The maximum atomic E-state index is 13.9. The van der Waals surface area contributed by atoms with Crippen LogP contribution in [0.2, 0.25) is 0 Å². The van der Waals surface area contributed by atoms with Gasteiger partial charge in [-0.15, -0.1) is 0 Å². The lowest BCUT2D eigenvalue weighted by Gasteiger charge is -2.47. The first-order valence-corrected chi connectivity index (χ1v) is 7.82. The molecule has 7 heteroatoms. The van der Waals surface area contributed by atoms with Crippen molar-refractivity contribution in [1.29, 1.82) is 0 Å². The molecule has 1 fully saturated rings. The zero-order chi connectivity index (χ0) is 17.4. The largest absolute Gasteiger partial charge is 0.414 e.